The molecular formula is C21H28N4OS. The SMILES string of the molecule is CCN(Cc1ccccc1)C(=O)CNC(=NC)NCCSc1ccccc1. The third kappa shape index (κ3) is 7.74. The van der Waals surface area contributed by atoms with E-state index in [9.17, 15) is 4.79 Å². The fourth-order valence-corrected chi connectivity index (χ4v) is 3.32. The maximum atomic E-state index is 12.5. The largest absolute Gasteiger partial charge is 0.356 e. The van der Waals surface area contributed by atoms with Crippen molar-refractivity contribution in [2.24, 2.45) is 4.99 Å². The summed E-state index contributed by atoms with van der Waals surface area (Å²) in [5.41, 5.74) is 1.13. The van der Waals surface area contributed by atoms with E-state index in [1.54, 1.807) is 18.8 Å². The Bertz CT molecular complexity index is 707. The zero-order valence-electron chi connectivity index (χ0n) is 16.0. The van der Waals surface area contributed by atoms with Gasteiger partial charge in [-0.2, -0.15) is 0 Å². The molecule has 0 unspecified atom stereocenters. The Labute approximate surface area is 166 Å². The van der Waals surface area contributed by atoms with Gasteiger partial charge in [-0.3, -0.25) is 9.79 Å². The van der Waals surface area contributed by atoms with E-state index in [1.165, 1.54) is 4.90 Å². The minimum absolute atomic E-state index is 0.0583. The monoisotopic (exact) mass is 384 g/mol. The van der Waals surface area contributed by atoms with Gasteiger partial charge >= 0.3 is 0 Å². The van der Waals surface area contributed by atoms with Gasteiger partial charge in [-0.1, -0.05) is 48.5 Å². The molecule has 0 saturated carbocycles. The summed E-state index contributed by atoms with van der Waals surface area (Å²) >= 11 is 1.79. The Hall–Kier alpha value is -2.47. The van der Waals surface area contributed by atoms with Gasteiger partial charge in [0.05, 0.1) is 6.54 Å². The highest BCUT2D eigenvalue weighted by Crippen LogP contribution is 2.15. The van der Waals surface area contributed by atoms with Crippen molar-refractivity contribution in [1.29, 1.82) is 0 Å². The van der Waals surface area contributed by atoms with Crippen LogP contribution >= 0.6 is 11.8 Å². The molecule has 0 radical (unpaired) electrons. The number of carbonyl (C=O) groups excluding carboxylic acids is 1. The molecule has 6 heteroatoms. The fourth-order valence-electron chi connectivity index (χ4n) is 2.53. The first-order chi connectivity index (χ1) is 13.2. The number of hydrogen-bond acceptors (Lipinski definition) is 3. The van der Waals surface area contributed by atoms with Gasteiger partial charge in [0.2, 0.25) is 5.91 Å². The Kier molecular flexibility index (Phi) is 9.27. The van der Waals surface area contributed by atoms with Crippen LogP contribution in [0.25, 0.3) is 0 Å². The molecule has 2 aromatic rings. The molecule has 0 spiro atoms. The van der Waals surface area contributed by atoms with Gasteiger partial charge in [0, 0.05) is 37.3 Å². The molecule has 2 rings (SSSR count). The molecule has 5 nitrogen and oxygen atoms in total. The number of thioether (sulfide) groups is 1. The first kappa shape index (κ1) is 20.8. The van der Waals surface area contributed by atoms with E-state index in [1.807, 2.05) is 60.4 Å². The number of guanidine groups is 1. The summed E-state index contributed by atoms with van der Waals surface area (Å²) in [5, 5.41) is 6.36. The molecule has 0 bridgehead atoms. The molecule has 1 amide bonds. The van der Waals surface area contributed by atoms with Crippen LogP contribution in [0.15, 0.2) is 70.6 Å². The highest BCUT2D eigenvalue weighted by molar-refractivity contribution is 7.99. The van der Waals surface area contributed by atoms with Crippen LogP contribution in [0.4, 0.5) is 0 Å². The van der Waals surface area contributed by atoms with E-state index in [0.29, 0.717) is 19.0 Å². The molecule has 0 fully saturated rings. The molecule has 0 aliphatic carbocycles. The van der Waals surface area contributed by atoms with Crippen LogP contribution in [0.1, 0.15) is 12.5 Å². The summed E-state index contributed by atoms with van der Waals surface area (Å²) in [6.45, 7) is 4.29. The van der Waals surface area contributed by atoms with Crippen molar-refractivity contribution in [3.05, 3.63) is 66.2 Å². The van der Waals surface area contributed by atoms with Crippen LogP contribution in [-0.4, -0.2) is 49.2 Å². The van der Waals surface area contributed by atoms with E-state index >= 15 is 0 Å². The standard InChI is InChI=1S/C21H28N4OS/c1-3-25(17-18-10-6-4-7-11-18)20(26)16-24-21(22-2)23-14-15-27-19-12-8-5-9-13-19/h4-13H,3,14-17H2,1-2H3,(H2,22,23,24). The first-order valence-electron chi connectivity index (χ1n) is 9.17. The number of hydrogen-bond donors (Lipinski definition) is 2. The van der Waals surface area contributed by atoms with Gasteiger partial charge < -0.3 is 15.5 Å². The summed E-state index contributed by atoms with van der Waals surface area (Å²) < 4.78 is 0. The van der Waals surface area contributed by atoms with Crippen LogP contribution in [0.3, 0.4) is 0 Å². The van der Waals surface area contributed by atoms with Crippen molar-refractivity contribution in [3.8, 4) is 0 Å². The lowest BCUT2D eigenvalue weighted by atomic mass is 10.2. The molecule has 0 aliphatic heterocycles. The summed E-state index contributed by atoms with van der Waals surface area (Å²) in [6, 6.07) is 20.3. The maximum absolute atomic E-state index is 12.5. The van der Waals surface area contributed by atoms with Crippen molar-refractivity contribution in [1.82, 2.24) is 15.5 Å². The Balaban J connectivity index is 1.71. The lowest BCUT2D eigenvalue weighted by Gasteiger charge is -2.22. The average molecular weight is 385 g/mol. The number of carbonyl (C=O) groups is 1. The first-order valence-corrected chi connectivity index (χ1v) is 10.2. The number of aliphatic imine (C=N–C) groups is 1. The highest BCUT2D eigenvalue weighted by Gasteiger charge is 2.12. The van der Waals surface area contributed by atoms with Crippen LogP contribution in [-0.2, 0) is 11.3 Å². The lowest BCUT2D eigenvalue weighted by molar-refractivity contribution is -0.130. The van der Waals surface area contributed by atoms with Crippen molar-refractivity contribution in [2.45, 2.75) is 18.4 Å². The fraction of sp³-hybridized carbons (Fsp3) is 0.333. The zero-order valence-corrected chi connectivity index (χ0v) is 16.8. The molecule has 0 atom stereocenters. The van der Waals surface area contributed by atoms with E-state index in [-0.39, 0.29) is 12.5 Å². The Morgan fingerprint density at radius 2 is 1.70 bits per heavy atom. The van der Waals surface area contributed by atoms with Gasteiger partial charge in [-0.15, -0.1) is 11.8 Å². The van der Waals surface area contributed by atoms with E-state index in [4.69, 9.17) is 0 Å². The quantitative estimate of drug-likeness (QED) is 0.302. The summed E-state index contributed by atoms with van der Waals surface area (Å²) in [4.78, 5) is 19.8. The molecule has 0 aromatic heterocycles. The van der Waals surface area contributed by atoms with Crippen molar-refractivity contribution in [3.63, 3.8) is 0 Å². The van der Waals surface area contributed by atoms with Crippen LogP contribution in [0.5, 0.6) is 0 Å². The van der Waals surface area contributed by atoms with Gasteiger partial charge in [-0.25, -0.2) is 0 Å². The van der Waals surface area contributed by atoms with Gasteiger partial charge in [0.1, 0.15) is 0 Å². The molecule has 0 saturated heterocycles. The highest BCUT2D eigenvalue weighted by atomic mass is 32.2. The van der Waals surface area contributed by atoms with Crippen molar-refractivity contribution >= 4 is 23.6 Å². The third-order valence-electron chi connectivity index (χ3n) is 3.99. The summed E-state index contributed by atoms with van der Waals surface area (Å²) in [5.74, 6) is 1.63. The van der Waals surface area contributed by atoms with E-state index in [2.05, 4.69) is 27.8 Å². The second kappa shape index (κ2) is 12.0. The Morgan fingerprint density at radius 1 is 1.04 bits per heavy atom. The van der Waals surface area contributed by atoms with Crippen molar-refractivity contribution in [2.75, 3.05) is 32.4 Å². The molecule has 2 N–H and O–H groups in total. The average Bonchev–Trinajstić information content (AvgIpc) is 2.72. The predicted molar refractivity (Wildman–Crippen MR) is 114 cm³/mol. The molecular weight excluding hydrogens is 356 g/mol. The molecule has 0 heterocycles. The van der Waals surface area contributed by atoms with E-state index in [0.717, 1.165) is 17.9 Å². The Morgan fingerprint density at radius 3 is 2.33 bits per heavy atom. The normalized spacial score (nSPS) is 11.1. The van der Waals surface area contributed by atoms with Crippen LogP contribution < -0.4 is 10.6 Å². The number of benzene rings is 2. The van der Waals surface area contributed by atoms with Gasteiger partial charge in [0.25, 0.3) is 0 Å². The number of rotatable bonds is 9. The summed E-state index contributed by atoms with van der Waals surface area (Å²) in [6.07, 6.45) is 0. The second-order valence-corrected chi connectivity index (χ2v) is 7.08. The second-order valence-electron chi connectivity index (χ2n) is 5.91. The van der Waals surface area contributed by atoms with Crippen LogP contribution in [0.2, 0.25) is 0 Å². The number of nitrogens with zero attached hydrogens (tertiary/aromatic N) is 2. The van der Waals surface area contributed by atoms with Gasteiger partial charge in [-0.05, 0) is 24.6 Å². The minimum atomic E-state index is 0.0583. The topological polar surface area (TPSA) is 56.7 Å². The summed E-state index contributed by atoms with van der Waals surface area (Å²) in [7, 11) is 1.71. The van der Waals surface area contributed by atoms with E-state index < -0.39 is 0 Å². The number of amides is 1. The van der Waals surface area contributed by atoms with Crippen molar-refractivity contribution < 1.29 is 4.79 Å². The molecule has 27 heavy (non-hydrogen) atoms. The zero-order chi connectivity index (χ0) is 19.3. The number of likely N-dealkylation sites (N-methyl/N-ethyl adjacent to an activating group) is 1. The maximum Gasteiger partial charge on any atom is 0.242 e. The predicted octanol–water partition coefficient (Wildman–Crippen LogP) is 2.99. The van der Waals surface area contributed by atoms with Crippen LogP contribution in [0, 0.1) is 0 Å². The smallest absolute Gasteiger partial charge is 0.242 e. The van der Waals surface area contributed by atoms with Gasteiger partial charge in [0.15, 0.2) is 5.96 Å². The minimum Gasteiger partial charge on any atom is -0.356 e. The third-order valence-corrected chi connectivity index (χ3v) is 5.00. The molecule has 144 valence electrons. The molecule has 0 aliphatic rings. The lowest BCUT2D eigenvalue weighted by Crippen LogP contribution is -2.44. The molecule has 2 aromatic carbocycles. The number of nitrogens with one attached hydrogen (secondary N) is 2.